The summed E-state index contributed by atoms with van der Waals surface area (Å²) in [6, 6.07) is 1.72. The van der Waals surface area contributed by atoms with Crippen molar-refractivity contribution in [2.45, 2.75) is 13.5 Å². The van der Waals surface area contributed by atoms with E-state index in [-0.39, 0.29) is 0 Å². The monoisotopic (exact) mass is 214 g/mol. The summed E-state index contributed by atoms with van der Waals surface area (Å²) in [6.07, 6.45) is 0. The van der Waals surface area contributed by atoms with Gasteiger partial charge < -0.3 is 5.11 Å². The molecule has 0 amide bonds. The molecule has 0 saturated carbocycles. The van der Waals surface area contributed by atoms with Gasteiger partial charge >= 0.3 is 5.97 Å². The highest BCUT2D eigenvalue weighted by Crippen LogP contribution is 2.21. The van der Waals surface area contributed by atoms with Gasteiger partial charge in [0.15, 0.2) is 0 Å². The Hall–Kier alpha value is -0.910. The maximum absolute atomic E-state index is 10.7. The molecule has 5 heteroatoms. The molecule has 0 atom stereocenters. The third-order valence-corrected chi connectivity index (χ3v) is 2.90. The average Bonchev–Trinajstić information content (AvgIpc) is 2.43. The van der Waals surface area contributed by atoms with Crippen molar-refractivity contribution in [2.75, 3.05) is 14.1 Å². The van der Waals surface area contributed by atoms with E-state index in [2.05, 4.69) is 5.43 Å². The van der Waals surface area contributed by atoms with Gasteiger partial charge in [-0.05, 0) is 18.6 Å². The maximum atomic E-state index is 10.7. The normalized spacial score (nSPS) is 10.9. The molecule has 1 rings (SSSR count). The number of carboxylic acids is 1. The Labute approximate surface area is 87.1 Å². The molecule has 14 heavy (non-hydrogen) atoms. The van der Waals surface area contributed by atoms with Crippen LogP contribution in [0.1, 0.15) is 20.1 Å². The van der Waals surface area contributed by atoms with Crippen molar-refractivity contribution in [3.05, 3.63) is 21.4 Å². The number of carbonyl (C=O) groups is 1. The summed E-state index contributed by atoms with van der Waals surface area (Å²) in [4.78, 5) is 12.1. The van der Waals surface area contributed by atoms with Gasteiger partial charge in [-0.2, -0.15) is 0 Å². The molecule has 0 aliphatic rings. The van der Waals surface area contributed by atoms with Crippen LogP contribution in [0.3, 0.4) is 0 Å². The molecule has 0 radical (unpaired) electrons. The molecule has 0 unspecified atom stereocenters. The van der Waals surface area contributed by atoms with Crippen LogP contribution in [0.4, 0.5) is 0 Å². The standard InChI is InChI=1S/C9H14N2O2S/c1-6-7(5-10-11(2)3)4-8(14-6)9(12)13/h4,10H,5H2,1-3H3,(H,12,13). The molecule has 0 saturated heterocycles. The Kier molecular flexibility index (Phi) is 3.62. The van der Waals surface area contributed by atoms with Crippen molar-refractivity contribution in [3.8, 4) is 0 Å². The van der Waals surface area contributed by atoms with E-state index in [0.29, 0.717) is 11.4 Å². The van der Waals surface area contributed by atoms with Crippen LogP contribution in [0.25, 0.3) is 0 Å². The van der Waals surface area contributed by atoms with Gasteiger partial charge in [0.25, 0.3) is 0 Å². The van der Waals surface area contributed by atoms with Gasteiger partial charge in [0.1, 0.15) is 4.88 Å². The molecule has 0 aromatic carbocycles. The Morgan fingerprint density at radius 3 is 2.71 bits per heavy atom. The zero-order valence-electron chi connectivity index (χ0n) is 8.50. The third-order valence-electron chi connectivity index (χ3n) is 1.82. The van der Waals surface area contributed by atoms with Crippen molar-refractivity contribution in [3.63, 3.8) is 0 Å². The first-order valence-electron chi connectivity index (χ1n) is 4.24. The number of thiophene rings is 1. The molecule has 0 aliphatic heterocycles. The molecule has 1 heterocycles. The molecule has 1 aromatic rings. The number of nitrogens with zero attached hydrogens (tertiary/aromatic N) is 1. The number of nitrogens with one attached hydrogen (secondary N) is 1. The van der Waals surface area contributed by atoms with E-state index in [1.165, 1.54) is 11.3 Å². The zero-order chi connectivity index (χ0) is 10.7. The Morgan fingerprint density at radius 2 is 2.29 bits per heavy atom. The lowest BCUT2D eigenvalue weighted by Gasteiger charge is -2.10. The lowest BCUT2D eigenvalue weighted by molar-refractivity contribution is 0.0702. The summed E-state index contributed by atoms with van der Waals surface area (Å²) in [5.74, 6) is -0.853. The molecule has 0 bridgehead atoms. The van der Waals surface area contributed by atoms with Crippen molar-refractivity contribution in [2.24, 2.45) is 0 Å². The summed E-state index contributed by atoms with van der Waals surface area (Å²) < 4.78 is 0. The van der Waals surface area contributed by atoms with Crippen LogP contribution >= 0.6 is 11.3 Å². The van der Waals surface area contributed by atoms with Crippen molar-refractivity contribution in [1.29, 1.82) is 0 Å². The number of hydrogen-bond donors (Lipinski definition) is 2. The van der Waals surface area contributed by atoms with Crippen LogP contribution in [0, 0.1) is 6.92 Å². The fourth-order valence-electron chi connectivity index (χ4n) is 1.04. The first kappa shape index (κ1) is 11.2. The molecular weight excluding hydrogens is 200 g/mol. The summed E-state index contributed by atoms with van der Waals surface area (Å²) in [7, 11) is 3.81. The predicted molar refractivity (Wildman–Crippen MR) is 56.5 cm³/mol. The molecule has 1 aromatic heterocycles. The lowest BCUT2D eigenvalue weighted by Crippen LogP contribution is -2.29. The first-order valence-corrected chi connectivity index (χ1v) is 5.05. The molecule has 0 spiro atoms. The quantitative estimate of drug-likeness (QED) is 0.742. The molecule has 78 valence electrons. The van der Waals surface area contributed by atoms with E-state index < -0.39 is 5.97 Å². The molecule has 0 aliphatic carbocycles. The predicted octanol–water partition coefficient (Wildman–Crippen LogP) is 1.32. The van der Waals surface area contributed by atoms with Crippen LogP contribution in [0.5, 0.6) is 0 Å². The highest BCUT2D eigenvalue weighted by Gasteiger charge is 2.10. The van der Waals surface area contributed by atoms with E-state index in [1.807, 2.05) is 26.0 Å². The van der Waals surface area contributed by atoms with Gasteiger partial charge in [-0.15, -0.1) is 11.3 Å². The molecule has 4 nitrogen and oxygen atoms in total. The number of aromatic carboxylic acids is 1. The summed E-state index contributed by atoms with van der Waals surface area (Å²) in [6.45, 7) is 2.60. The minimum absolute atomic E-state index is 0.401. The molecule has 2 N–H and O–H groups in total. The van der Waals surface area contributed by atoms with E-state index in [4.69, 9.17) is 5.11 Å². The third kappa shape index (κ3) is 2.80. The number of hydrazine groups is 1. The number of aryl methyl sites for hydroxylation is 1. The zero-order valence-corrected chi connectivity index (χ0v) is 9.31. The second-order valence-electron chi connectivity index (χ2n) is 3.23. The second-order valence-corrected chi connectivity index (χ2v) is 4.48. The topological polar surface area (TPSA) is 52.6 Å². The Bertz CT molecular complexity index is 334. The largest absolute Gasteiger partial charge is 0.477 e. The van der Waals surface area contributed by atoms with Gasteiger partial charge in [-0.1, -0.05) is 0 Å². The van der Waals surface area contributed by atoms with Crippen LogP contribution in [0.15, 0.2) is 6.07 Å². The van der Waals surface area contributed by atoms with Gasteiger partial charge in [-0.3, -0.25) is 10.4 Å². The fourth-order valence-corrected chi connectivity index (χ4v) is 1.92. The summed E-state index contributed by atoms with van der Waals surface area (Å²) in [5, 5.41) is 10.6. The minimum atomic E-state index is -0.853. The van der Waals surface area contributed by atoms with Crippen molar-refractivity contribution >= 4 is 17.3 Å². The fraction of sp³-hybridized carbons (Fsp3) is 0.444. The highest BCUT2D eigenvalue weighted by atomic mass is 32.1. The van der Waals surface area contributed by atoms with Gasteiger partial charge in [-0.25, -0.2) is 4.79 Å². The molecule has 0 fully saturated rings. The van der Waals surface area contributed by atoms with Crippen molar-refractivity contribution < 1.29 is 9.90 Å². The SMILES string of the molecule is Cc1sc(C(=O)O)cc1CNN(C)C. The van der Waals surface area contributed by atoms with Gasteiger partial charge in [0.2, 0.25) is 0 Å². The summed E-state index contributed by atoms with van der Waals surface area (Å²) >= 11 is 1.32. The summed E-state index contributed by atoms with van der Waals surface area (Å²) in [5.41, 5.74) is 4.14. The number of carboxylic acid groups (broad SMARTS) is 1. The number of rotatable bonds is 4. The van der Waals surface area contributed by atoms with E-state index in [0.717, 1.165) is 10.4 Å². The lowest BCUT2D eigenvalue weighted by atomic mass is 10.2. The number of hydrogen-bond acceptors (Lipinski definition) is 4. The van der Waals surface area contributed by atoms with Gasteiger partial charge in [0.05, 0.1) is 0 Å². The highest BCUT2D eigenvalue weighted by molar-refractivity contribution is 7.14. The smallest absolute Gasteiger partial charge is 0.345 e. The van der Waals surface area contributed by atoms with E-state index in [1.54, 1.807) is 6.07 Å². The Balaban J connectivity index is 2.72. The molecular formula is C9H14N2O2S. The van der Waals surface area contributed by atoms with Crippen molar-refractivity contribution in [1.82, 2.24) is 10.4 Å². The first-order chi connectivity index (χ1) is 6.50. The van der Waals surface area contributed by atoms with Crippen LogP contribution in [0.2, 0.25) is 0 Å². The maximum Gasteiger partial charge on any atom is 0.345 e. The van der Waals surface area contributed by atoms with E-state index in [9.17, 15) is 4.79 Å². The van der Waals surface area contributed by atoms with Gasteiger partial charge in [0, 0.05) is 25.5 Å². The Morgan fingerprint density at radius 1 is 1.64 bits per heavy atom. The van der Waals surface area contributed by atoms with E-state index >= 15 is 0 Å². The van der Waals surface area contributed by atoms with Crippen LogP contribution in [-0.2, 0) is 6.54 Å². The van der Waals surface area contributed by atoms with Crippen LogP contribution < -0.4 is 5.43 Å². The van der Waals surface area contributed by atoms with Crippen LogP contribution in [-0.4, -0.2) is 30.2 Å². The second kappa shape index (κ2) is 4.54. The average molecular weight is 214 g/mol. The minimum Gasteiger partial charge on any atom is -0.477 e.